The van der Waals surface area contributed by atoms with Gasteiger partial charge in [-0.05, 0) is 55.5 Å². The molecule has 0 aliphatic rings. The van der Waals surface area contributed by atoms with Gasteiger partial charge in [0, 0.05) is 0 Å². The third-order valence-electron chi connectivity index (χ3n) is 3.96. The number of methoxy groups -OCH3 is 1. The van der Waals surface area contributed by atoms with Crippen LogP contribution in [0, 0.1) is 20.8 Å². The standard InChI is InChI=1S/C18H24N2O/c1-12-5-6-13(2)16(9-12)10-17(20-19)15-8-7-14(3)18(11-15)21-4/h5-9,11,17,20H,10,19H2,1-4H3. The van der Waals surface area contributed by atoms with E-state index in [0.717, 1.165) is 23.3 Å². The van der Waals surface area contributed by atoms with Crippen molar-refractivity contribution in [2.45, 2.75) is 33.2 Å². The average molecular weight is 284 g/mol. The summed E-state index contributed by atoms with van der Waals surface area (Å²) in [6, 6.07) is 12.8. The Labute approximate surface area is 127 Å². The normalized spacial score (nSPS) is 12.2. The number of nitrogens with two attached hydrogens (primary N) is 1. The summed E-state index contributed by atoms with van der Waals surface area (Å²) >= 11 is 0. The number of rotatable bonds is 5. The van der Waals surface area contributed by atoms with Gasteiger partial charge in [-0.2, -0.15) is 0 Å². The minimum atomic E-state index is 0.0694. The molecule has 0 aromatic heterocycles. The smallest absolute Gasteiger partial charge is 0.122 e. The van der Waals surface area contributed by atoms with E-state index in [1.807, 2.05) is 6.92 Å². The fourth-order valence-electron chi connectivity index (χ4n) is 2.57. The lowest BCUT2D eigenvalue weighted by Crippen LogP contribution is -2.29. The van der Waals surface area contributed by atoms with Gasteiger partial charge < -0.3 is 4.74 Å². The second kappa shape index (κ2) is 6.74. The Kier molecular flexibility index (Phi) is 4.99. The van der Waals surface area contributed by atoms with Gasteiger partial charge in [0.2, 0.25) is 0 Å². The highest BCUT2D eigenvalue weighted by Crippen LogP contribution is 2.26. The average Bonchev–Trinajstić information content (AvgIpc) is 2.49. The zero-order valence-corrected chi connectivity index (χ0v) is 13.2. The first kappa shape index (κ1) is 15.5. The molecule has 0 aliphatic carbocycles. The number of ether oxygens (including phenoxy) is 1. The van der Waals surface area contributed by atoms with Gasteiger partial charge in [-0.15, -0.1) is 0 Å². The van der Waals surface area contributed by atoms with E-state index in [9.17, 15) is 0 Å². The molecule has 2 aromatic carbocycles. The van der Waals surface area contributed by atoms with E-state index >= 15 is 0 Å². The topological polar surface area (TPSA) is 47.3 Å². The highest BCUT2D eigenvalue weighted by molar-refractivity contribution is 5.39. The molecule has 0 fully saturated rings. The van der Waals surface area contributed by atoms with Crippen molar-refractivity contribution >= 4 is 0 Å². The van der Waals surface area contributed by atoms with E-state index in [1.165, 1.54) is 16.7 Å². The monoisotopic (exact) mass is 284 g/mol. The first-order valence-corrected chi connectivity index (χ1v) is 7.22. The number of hydrazine groups is 1. The molecular weight excluding hydrogens is 260 g/mol. The maximum absolute atomic E-state index is 5.78. The molecule has 0 heterocycles. The number of hydrogen-bond donors (Lipinski definition) is 2. The van der Waals surface area contributed by atoms with Crippen molar-refractivity contribution in [1.29, 1.82) is 0 Å². The first-order chi connectivity index (χ1) is 10.0. The van der Waals surface area contributed by atoms with Gasteiger partial charge in [-0.3, -0.25) is 11.3 Å². The van der Waals surface area contributed by atoms with Crippen LogP contribution in [-0.2, 0) is 6.42 Å². The zero-order chi connectivity index (χ0) is 15.4. The summed E-state index contributed by atoms with van der Waals surface area (Å²) in [7, 11) is 1.70. The largest absolute Gasteiger partial charge is 0.496 e. The van der Waals surface area contributed by atoms with Crippen LogP contribution in [0.2, 0.25) is 0 Å². The lowest BCUT2D eigenvalue weighted by atomic mass is 9.94. The van der Waals surface area contributed by atoms with Crippen molar-refractivity contribution < 1.29 is 4.74 Å². The molecule has 3 N–H and O–H groups in total. The predicted octanol–water partition coefficient (Wildman–Crippen LogP) is 3.37. The highest BCUT2D eigenvalue weighted by atomic mass is 16.5. The summed E-state index contributed by atoms with van der Waals surface area (Å²) in [6.07, 6.45) is 0.857. The van der Waals surface area contributed by atoms with Crippen LogP contribution in [0.5, 0.6) is 5.75 Å². The summed E-state index contributed by atoms with van der Waals surface area (Å²) in [6.45, 7) is 6.29. The van der Waals surface area contributed by atoms with Crippen LogP contribution >= 0.6 is 0 Å². The number of benzene rings is 2. The van der Waals surface area contributed by atoms with Crippen LogP contribution < -0.4 is 16.0 Å². The molecule has 2 rings (SSSR count). The van der Waals surface area contributed by atoms with Crippen molar-refractivity contribution in [3.8, 4) is 5.75 Å². The van der Waals surface area contributed by atoms with Gasteiger partial charge in [0.15, 0.2) is 0 Å². The first-order valence-electron chi connectivity index (χ1n) is 7.22. The van der Waals surface area contributed by atoms with Crippen molar-refractivity contribution in [2.75, 3.05) is 7.11 Å². The Hall–Kier alpha value is -1.84. The summed E-state index contributed by atoms with van der Waals surface area (Å²) < 4.78 is 5.40. The molecule has 0 aliphatic heterocycles. The van der Waals surface area contributed by atoms with Crippen LogP contribution in [0.4, 0.5) is 0 Å². The molecule has 3 nitrogen and oxygen atoms in total. The van der Waals surface area contributed by atoms with Crippen LogP contribution in [0.25, 0.3) is 0 Å². The maximum Gasteiger partial charge on any atom is 0.122 e. The third kappa shape index (κ3) is 3.63. The summed E-state index contributed by atoms with van der Waals surface area (Å²) in [5, 5.41) is 0. The Morgan fingerprint density at radius 1 is 1.05 bits per heavy atom. The lowest BCUT2D eigenvalue weighted by molar-refractivity contribution is 0.410. The van der Waals surface area contributed by atoms with Gasteiger partial charge in [0.1, 0.15) is 5.75 Å². The molecule has 112 valence electrons. The van der Waals surface area contributed by atoms with Crippen molar-refractivity contribution in [1.82, 2.24) is 5.43 Å². The van der Waals surface area contributed by atoms with E-state index in [4.69, 9.17) is 10.6 Å². The molecule has 0 saturated heterocycles. The third-order valence-corrected chi connectivity index (χ3v) is 3.96. The summed E-state index contributed by atoms with van der Waals surface area (Å²) in [5.74, 6) is 6.68. The van der Waals surface area contributed by atoms with Crippen LogP contribution in [0.1, 0.15) is 33.9 Å². The molecule has 0 spiro atoms. The molecule has 0 amide bonds. The lowest BCUT2D eigenvalue weighted by Gasteiger charge is -2.19. The molecule has 0 saturated carbocycles. The number of hydrogen-bond acceptors (Lipinski definition) is 3. The zero-order valence-electron chi connectivity index (χ0n) is 13.2. The van der Waals surface area contributed by atoms with E-state index in [-0.39, 0.29) is 6.04 Å². The fraction of sp³-hybridized carbons (Fsp3) is 0.333. The molecule has 1 unspecified atom stereocenters. The van der Waals surface area contributed by atoms with E-state index in [2.05, 4.69) is 55.7 Å². The Bertz CT molecular complexity index is 623. The predicted molar refractivity (Wildman–Crippen MR) is 87.4 cm³/mol. The van der Waals surface area contributed by atoms with Gasteiger partial charge in [-0.25, -0.2) is 0 Å². The Balaban J connectivity index is 2.29. The number of nitrogens with one attached hydrogen (secondary N) is 1. The fourth-order valence-corrected chi connectivity index (χ4v) is 2.57. The van der Waals surface area contributed by atoms with Crippen molar-refractivity contribution in [3.05, 3.63) is 64.2 Å². The van der Waals surface area contributed by atoms with Crippen LogP contribution in [0.15, 0.2) is 36.4 Å². The molecule has 1 atom stereocenters. The summed E-state index contributed by atoms with van der Waals surface area (Å²) in [4.78, 5) is 0. The molecule has 3 heteroatoms. The van der Waals surface area contributed by atoms with Crippen LogP contribution in [-0.4, -0.2) is 7.11 Å². The molecule has 0 bridgehead atoms. The van der Waals surface area contributed by atoms with Gasteiger partial charge in [-0.1, -0.05) is 35.9 Å². The molecule has 0 radical (unpaired) electrons. The van der Waals surface area contributed by atoms with Crippen molar-refractivity contribution in [3.63, 3.8) is 0 Å². The van der Waals surface area contributed by atoms with Crippen LogP contribution in [0.3, 0.4) is 0 Å². The van der Waals surface area contributed by atoms with Gasteiger partial charge >= 0.3 is 0 Å². The van der Waals surface area contributed by atoms with E-state index in [0.29, 0.717) is 0 Å². The quantitative estimate of drug-likeness (QED) is 0.653. The minimum absolute atomic E-state index is 0.0694. The van der Waals surface area contributed by atoms with Crippen molar-refractivity contribution in [2.24, 2.45) is 5.84 Å². The second-order valence-corrected chi connectivity index (χ2v) is 5.58. The highest BCUT2D eigenvalue weighted by Gasteiger charge is 2.14. The Morgan fingerprint density at radius 2 is 1.76 bits per heavy atom. The van der Waals surface area contributed by atoms with Gasteiger partial charge in [0.05, 0.1) is 13.2 Å². The molecule has 2 aromatic rings. The Morgan fingerprint density at radius 3 is 2.43 bits per heavy atom. The molecule has 21 heavy (non-hydrogen) atoms. The number of aryl methyl sites for hydroxylation is 3. The maximum atomic E-state index is 5.78. The summed E-state index contributed by atoms with van der Waals surface area (Å²) in [5.41, 5.74) is 9.08. The second-order valence-electron chi connectivity index (χ2n) is 5.58. The SMILES string of the molecule is COc1cc(C(Cc2cc(C)ccc2C)NN)ccc1C. The van der Waals surface area contributed by atoms with E-state index < -0.39 is 0 Å². The van der Waals surface area contributed by atoms with E-state index in [1.54, 1.807) is 7.11 Å². The van der Waals surface area contributed by atoms with Gasteiger partial charge in [0.25, 0.3) is 0 Å². The minimum Gasteiger partial charge on any atom is -0.496 e. The molecular formula is C18H24N2O.